The van der Waals surface area contributed by atoms with E-state index in [9.17, 15) is 4.79 Å². The predicted octanol–water partition coefficient (Wildman–Crippen LogP) is 3.41. The molecule has 3 nitrogen and oxygen atoms in total. The maximum Gasteiger partial charge on any atom is 0.303 e. The number of rotatable bonds is 5. The third-order valence-electron chi connectivity index (χ3n) is 1.98. The second kappa shape index (κ2) is 5.97. The molecule has 0 saturated heterocycles. The van der Waals surface area contributed by atoms with Crippen LogP contribution in [0.15, 0.2) is 12.1 Å². The smallest absolute Gasteiger partial charge is 0.303 e. The predicted molar refractivity (Wildman–Crippen MR) is 63.6 cm³/mol. The molecule has 0 amide bonds. The Bertz CT molecular complexity index is 391. The van der Waals surface area contributed by atoms with Gasteiger partial charge in [-0.05, 0) is 31.0 Å². The summed E-state index contributed by atoms with van der Waals surface area (Å²) in [5, 5.41) is 9.52. The van der Waals surface area contributed by atoms with Gasteiger partial charge in [0.1, 0.15) is 5.75 Å². The number of ether oxygens (including phenoxy) is 1. The van der Waals surface area contributed by atoms with Crippen LogP contribution < -0.4 is 4.74 Å². The van der Waals surface area contributed by atoms with Crippen LogP contribution in [0.5, 0.6) is 5.75 Å². The fourth-order valence-corrected chi connectivity index (χ4v) is 1.94. The van der Waals surface area contributed by atoms with Crippen LogP contribution in [-0.4, -0.2) is 17.7 Å². The molecule has 0 spiro atoms. The molecule has 16 heavy (non-hydrogen) atoms. The van der Waals surface area contributed by atoms with E-state index >= 15 is 0 Å². The van der Waals surface area contributed by atoms with Crippen LogP contribution in [0.4, 0.5) is 0 Å². The first-order valence-electron chi connectivity index (χ1n) is 4.87. The Balaban J connectivity index is 2.98. The molecule has 0 aliphatic carbocycles. The summed E-state index contributed by atoms with van der Waals surface area (Å²) in [6.45, 7) is 2.31. The minimum absolute atomic E-state index is 0.0245. The number of carbonyl (C=O) groups is 1. The van der Waals surface area contributed by atoms with Crippen molar-refractivity contribution in [1.29, 1.82) is 0 Å². The van der Waals surface area contributed by atoms with Gasteiger partial charge in [-0.1, -0.05) is 23.2 Å². The topological polar surface area (TPSA) is 46.5 Å². The molecule has 0 aliphatic rings. The van der Waals surface area contributed by atoms with Crippen LogP contribution in [0.25, 0.3) is 0 Å². The molecule has 0 saturated carbocycles. The van der Waals surface area contributed by atoms with Gasteiger partial charge in [-0.15, -0.1) is 0 Å². The standard InChI is InChI=1S/C11H12Cl2O3/c1-2-16-11-7(3-4-10(14)15)5-8(12)6-9(11)13/h5-6H,2-4H2,1H3,(H,14,15). The molecule has 0 aromatic heterocycles. The Morgan fingerprint density at radius 1 is 1.44 bits per heavy atom. The third-order valence-corrected chi connectivity index (χ3v) is 2.48. The van der Waals surface area contributed by atoms with Gasteiger partial charge in [0.15, 0.2) is 0 Å². The van der Waals surface area contributed by atoms with Gasteiger partial charge in [-0.25, -0.2) is 0 Å². The lowest BCUT2D eigenvalue weighted by Crippen LogP contribution is -2.02. The van der Waals surface area contributed by atoms with E-state index in [1.54, 1.807) is 12.1 Å². The number of carboxylic acids is 1. The largest absolute Gasteiger partial charge is 0.492 e. The van der Waals surface area contributed by atoms with Gasteiger partial charge >= 0.3 is 5.97 Å². The molecule has 1 aromatic rings. The zero-order valence-corrected chi connectivity index (χ0v) is 10.3. The van der Waals surface area contributed by atoms with Crippen molar-refractivity contribution in [2.24, 2.45) is 0 Å². The van der Waals surface area contributed by atoms with Crippen molar-refractivity contribution in [2.45, 2.75) is 19.8 Å². The molecule has 88 valence electrons. The Hall–Kier alpha value is -0.930. The van der Waals surface area contributed by atoms with E-state index in [-0.39, 0.29) is 6.42 Å². The van der Waals surface area contributed by atoms with Crippen molar-refractivity contribution in [1.82, 2.24) is 0 Å². The highest BCUT2D eigenvalue weighted by Crippen LogP contribution is 2.33. The van der Waals surface area contributed by atoms with Crippen LogP contribution in [0, 0.1) is 0 Å². The lowest BCUT2D eigenvalue weighted by molar-refractivity contribution is -0.136. The molecule has 0 unspecified atom stereocenters. The average Bonchev–Trinajstić information content (AvgIpc) is 2.19. The number of hydrogen-bond donors (Lipinski definition) is 1. The first-order valence-corrected chi connectivity index (χ1v) is 5.62. The molecule has 0 bridgehead atoms. The van der Waals surface area contributed by atoms with E-state index in [0.29, 0.717) is 28.8 Å². The number of aryl methyl sites for hydroxylation is 1. The summed E-state index contributed by atoms with van der Waals surface area (Å²) in [4.78, 5) is 10.5. The highest BCUT2D eigenvalue weighted by atomic mass is 35.5. The first kappa shape index (κ1) is 13.1. The second-order valence-corrected chi connectivity index (χ2v) is 4.05. The summed E-state index contributed by atoms with van der Waals surface area (Å²) in [7, 11) is 0. The normalized spacial score (nSPS) is 10.2. The zero-order valence-electron chi connectivity index (χ0n) is 8.80. The molecule has 0 atom stereocenters. The summed E-state index contributed by atoms with van der Waals surface area (Å²) >= 11 is 11.8. The van der Waals surface area contributed by atoms with Crippen LogP contribution in [-0.2, 0) is 11.2 Å². The molecule has 0 aliphatic heterocycles. The van der Waals surface area contributed by atoms with Gasteiger partial charge < -0.3 is 9.84 Å². The maximum absolute atomic E-state index is 10.5. The average molecular weight is 263 g/mol. The molecule has 1 aromatic carbocycles. The van der Waals surface area contributed by atoms with E-state index in [1.165, 1.54) is 0 Å². The summed E-state index contributed by atoms with van der Waals surface area (Å²) in [5.74, 6) is -0.339. The highest BCUT2D eigenvalue weighted by Gasteiger charge is 2.11. The van der Waals surface area contributed by atoms with Crippen molar-refractivity contribution < 1.29 is 14.6 Å². The van der Waals surface area contributed by atoms with E-state index in [1.807, 2.05) is 6.92 Å². The van der Waals surface area contributed by atoms with Crippen molar-refractivity contribution in [3.8, 4) is 5.75 Å². The van der Waals surface area contributed by atoms with Gasteiger partial charge in [0.25, 0.3) is 0 Å². The van der Waals surface area contributed by atoms with Crippen LogP contribution >= 0.6 is 23.2 Å². The van der Waals surface area contributed by atoms with Crippen LogP contribution in [0.1, 0.15) is 18.9 Å². The molecule has 1 rings (SSSR count). The lowest BCUT2D eigenvalue weighted by Gasteiger charge is -2.11. The van der Waals surface area contributed by atoms with Crippen molar-refractivity contribution in [3.63, 3.8) is 0 Å². The molecule has 0 radical (unpaired) electrons. The molecule has 1 N–H and O–H groups in total. The Morgan fingerprint density at radius 3 is 2.69 bits per heavy atom. The number of hydrogen-bond acceptors (Lipinski definition) is 2. The third kappa shape index (κ3) is 3.58. The van der Waals surface area contributed by atoms with E-state index in [0.717, 1.165) is 5.56 Å². The van der Waals surface area contributed by atoms with E-state index in [2.05, 4.69) is 0 Å². The fraction of sp³-hybridized carbons (Fsp3) is 0.364. The van der Waals surface area contributed by atoms with Gasteiger partial charge in [0.2, 0.25) is 0 Å². The lowest BCUT2D eigenvalue weighted by atomic mass is 10.1. The zero-order chi connectivity index (χ0) is 12.1. The minimum atomic E-state index is -0.862. The quantitative estimate of drug-likeness (QED) is 0.885. The summed E-state index contributed by atoms with van der Waals surface area (Å²) < 4.78 is 5.37. The van der Waals surface area contributed by atoms with Crippen LogP contribution in [0.2, 0.25) is 10.0 Å². The van der Waals surface area contributed by atoms with Crippen LogP contribution in [0.3, 0.4) is 0 Å². The number of benzene rings is 1. The second-order valence-electron chi connectivity index (χ2n) is 3.20. The van der Waals surface area contributed by atoms with Gasteiger partial charge in [-0.3, -0.25) is 4.79 Å². The summed E-state index contributed by atoms with van der Waals surface area (Å²) in [6, 6.07) is 3.26. The first-order chi connectivity index (χ1) is 7.54. The Labute approximate surface area is 104 Å². The van der Waals surface area contributed by atoms with E-state index in [4.69, 9.17) is 33.0 Å². The number of carboxylic acid groups (broad SMARTS) is 1. The van der Waals surface area contributed by atoms with Gasteiger partial charge in [-0.2, -0.15) is 0 Å². The maximum atomic E-state index is 10.5. The van der Waals surface area contributed by atoms with Crippen molar-refractivity contribution in [3.05, 3.63) is 27.7 Å². The molecular weight excluding hydrogens is 251 g/mol. The number of halogens is 2. The molecule has 0 fully saturated rings. The highest BCUT2D eigenvalue weighted by molar-refractivity contribution is 6.35. The fourth-order valence-electron chi connectivity index (χ4n) is 1.35. The SMILES string of the molecule is CCOc1c(Cl)cc(Cl)cc1CCC(=O)O. The van der Waals surface area contributed by atoms with Crippen molar-refractivity contribution in [2.75, 3.05) is 6.61 Å². The minimum Gasteiger partial charge on any atom is -0.492 e. The monoisotopic (exact) mass is 262 g/mol. The molecule has 0 heterocycles. The van der Waals surface area contributed by atoms with Crippen molar-refractivity contribution >= 4 is 29.2 Å². The Morgan fingerprint density at radius 2 is 2.12 bits per heavy atom. The van der Waals surface area contributed by atoms with Gasteiger partial charge in [0.05, 0.1) is 11.6 Å². The van der Waals surface area contributed by atoms with Gasteiger partial charge in [0, 0.05) is 11.4 Å². The number of aliphatic carboxylic acids is 1. The molecular formula is C11H12Cl2O3. The summed E-state index contributed by atoms with van der Waals surface area (Å²) in [6.07, 6.45) is 0.377. The summed E-state index contributed by atoms with van der Waals surface area (Å²) in [5.41, 5.74) is 0.724. The Kier molecular flexibility index (Phi) is 4.90. The molecule has 5 heteroatoms. The van der Waals surface area contributed by atoms with E-state index < -0.39 is 5.97 Å².